The smallest absolute Gasteiger partial charge is 0.335 e. The van der Waals surface area contributed by atoms with Gasteiger partial charge in [-0.2, -0.15) is 0 Å². The van der Waals surface area contributed by atoms with Crippen LogP contribution in [0.4, 0.5) is 0 Å². The number of hydrogen-bond acceptors (Lipinski definition) is 24. The number of aliphatic hydroxyl groups is 2. The molecular formula is C70H104N16O28. The predicted octanol–water partition coefficient (Wildman–Crippen LogP) is -7.11. The molecule has 0 saturated carbocycles. The fourth-order valence-corrected chi connectivity index (χ4v) is 11.6. The number of nitrogens with two attached hydrogens (primary N) is 2. The second kappa shape index (κ2) is 46.8. The van der Waals surface area contributed by atoms with Crippen molar-refractivity contribution in [2.24, 2.45) is 29.2 Å². The van der Waals surface area contributed by atoms with E-state index in [0.29, 0.717) is 40.1 Å². The van der Waals surface area contributed by atoms with Gasteiger partial charge in [0.05, 0.1) is 39.0 Å². The number of esters is 1. The minimum absolute atomic E-state index is 0.0319. The van der Waals surface area contributed by atoms with Crippen LogP contribution < -0.4 is 75.3 Å². The zero-order chi connectivity index (χ0) is 86.1. The lowest BCUT2D eigenvalue weighted by atomic mass is 9.94. The van der Waals surface area contributed by atoms with E-state index < -0.39 is 267 Å². The van der Waals surface area contributed by atoms with Crippen LogP contribution in [0, 0.1) is 17.8 Å². The Hall–Kier alpha value is -12.0. The molecule has 0 radical (unpaired) electrons. The SMILES string of the molecule is CCC(C)C1NC(=O)C(C(C)CC(=O)O)NC(=O)C(CC(N)=O)NC(=O)CNC(=O)C(C(OC)C(=O)O)NC(=O)C(CO)NC(=O)C(CC(=O)O)NC(=O)C(C)NC(=O)CN(C)C(=O)C(NC(=O)C(NC(=O)C(CCC(=O)O)NC(=O)C(Cc2c[nH]c3ccccc23)NC(=O)CCCCCCC(C)C)C(O)C(N)=O)C(C)OC1=O. The molecule has 2 aromatic rings. The molecule has 1 fully saturated rings. The fourth-order valence-electron chi connectivity index (χ4n) is 11.6. The molecule has 114 heavy (non-hydrogen) atoms. The molecular weight excluding hydrogens is 1510 g/mol. The van der Waals surface area contributed by atoms with Crippen LogP contribution in [0.2, 0.25) is 0 Å². The summed E-state index contributed by atoms with van der Waals surface area (Å²) in [5.74, 6) is -31.4. The third-order valence-corrected chi connectivity index (χ3v) is 18.1. The number of H-pyrrole nitrogens is 1. The third kappa shape index (κ3) is 31.3. The van der Waals surface area contributed by atoms with Gasteiger partial charge in [-0.15, -0.1) is 0 Å². The Morgan fingerprint density at radius 3 is 1.82 bits per heavy atom. The lowest BCUT2D eigenvalue weighted by molar-refractivity contribution is -0.159. The van der Waals surface area contributed by atoms with Crippen molar-refractivity contribution in [3.63, 3.8) is 0 Å². The molecule has 0 aliphatic carbocycles. The summed E-state index contributed by atoms with van der Waals surface area (Å²) < 4.78 is 10.6. The number of aliphatic hydroxyl groups excluding tert-OH is 2. The van der Waals surface area contributed by atoms with Crippen molar-refractivity contribution in [3.05, 3.63) is 36.0 Å². The Morgan fingerprint density at radius 1 is 0.632 bits per heavy atom. The number of carbonyl (C=O) groups excluding carboxylic acids is 16. The number of carboxylic acids is 4. The summed E-state index contributed by atoms with van der Waals surface area (Å²) in [5, 5.41) is 87.3. The van der Waals surface area contributed by atoms with E-state index in [9.17, 15) is 127 Å². The van der Waals surface area contributed by atoms with Crippen LogP contribution in [0.25, 0.3) is 10.9 Å². The molecule has 1 aromatic heterocycles. The van der Waals surface area contributed by atoms with Crippen LogP contribution in [-0.4, -0.2) is 278 Å². The maximum Gasteiger partial charge on any atom is 0.335 e. The number of fused-ring (bicyclic) bond motifs is 1. The van der Waals surface area contributed by atoms with E-state index >= 15 is 0 Å². The highest BCUT2D eigenvalue weighted by Gasteiger charge is 2.44. The van der Waals surface area contributed by atoms with Gasteiger partial charge < -0.3 is 125 Å². The topological polar surface area (TPSA) is 697 Å². The Balaban J connectivity index is 2.28. The number of primary amides is 2. The number of aliphatic carboxylic acids is 4. The number of cyclic esters (lactones) is 1. The molecule has 1 aromatic carbocycles. The van der Waals surface area contributed by atoms with E-state index in [-0.39, 0.29) is 19.3 Å². The number of carboxylic acid groups (broad SMARTS) is 4. The van der Waals surface area contributed by atoms with E-state index in [0.717, 1.165) is 54.2 Å². The van der Waals surface area contributed by atoms with Crippen LogP contribution in [0.15, 0.2) is 30.5 Å². The number of methoxy groups -OCH3 is 1. The molecule has 16 atom stereocenters. The molecule has 1 aliphatic heterocycles. The number of carbonyl (C=O) groups is 20. The van der Waals surface area contributed by atoms with Gasteiger partial charge in [0.1, 0.15) is 72.6 Å². The number of aromatic nitrogens is 1. The number of nitrogens with zero attached hydrogens (tertiary/aromatic N) is 1. The van der Waals surface area contributed by atoms with Crippen LogP contribution in [0.5, 0.6) is 0 Å². The Bertz CT molecular complexity index is 3830. The van der Waals surface area contributed by atoms with Crippen LogP contribution in [0.3, 0.4) is 0 Å². The molecule has 44 nitrogen and oxygen atoms in total. The van der Waals surface area contributed by atoms with Crippen molar-refractivity contribution >= 4 is 129 Å². The molecule has 23 N–H and O–H groups in total. The number of nitrogens with one attached hydrogen (secondary N) is 13. The summed E-state index contributed by atoms with van der Waals surface area (Å²) in [6, 6.07) is -16.4. The number of benzene rings is 1. The number of unbranched alkanes of at least 4 members (excludes halogenated alkanes) is 3. The molecule has 1 saturated heterocycles. The first-order valence-corrected chi connectivity index (χ1v) is 36.3. The zero-order valence-corrected chi connectivity index (χ0v) is 64.3. The van der Waals surface area contributed by atoms with Gasteiger partial charge >= 0.3 is 29.8 Å². The molecule has 3 rings (SSSR count). The second-order valence-corrected chi connectivity index (χ2v) is 27.8. The van der Waals surface area contributed by atoms with Gasteiger partial charge in [-0.25, -0.2) is 9.59 Å². The van der Waals surface area contributed by atoms with E-state index in [1.54, 1.807) is 30.5 Å². The predicted molar refractivity (Wildman–Crippen MR) is 392 cm³/mol. The molecule has 2 heterocycles. The molecule has 16 unspecified atom stereocenters. The third-order valence-electron chi connectivity index (χ3n) is 18.1. The van der Waals surface area contributed by atoms with Gasteiger partial charge in [0, 0.05) is 50.5 Å². The molecule has 1 aliphatic rings. The van der Waals surface area contributed by atoms with Crippen LogP contribution in [0.1, 0.15) is 131 Å². The van der Waals surface area contributed by atoms with Crippen molar-refractivity contribution < 1.29 is 136 Å². The summed E-state index contributed by atoms with van der Waals surface area (Å²) >= 11 is 0. The minimum atomic E-state index is -2.81. The molecule has 632 valence electrons. The lowest BCUT2D eigenvalue weighted by Gasteiger charge is -2.33. The first-order chi connectivity index (χ1) is 53.4. The maximum absolute atomic E-state index is 14.9. The number of hydrogen-bond donors (Lipinski definition) is 21. The lowest BCUT2D eigenvalue weighted by Crippen LogP contribution is -2.64. The number of para-hydroxylation sites is 1. The van der Waals surface area contributed by atoms with E-state index in [1.165, 1.54) is 13.8 Å². The first kappa shape index (κ1) is 96.2. The van der Waals surface area contributed by atoms with Gasteiger partial charge in [0.15, 0.2) is 12.2 Å². The fraction of sp³-hybridized carbons (Fsp3) is 0.600. The average Bonchev–Trinajstić information content (AvgIpc) is 1.55. The standard InChI is InChI=1S/C70H104N16O28/c1-10-32(4)52-70(112)114-35(7)53(83-67(108)54(56(98)58(72)99)84-60(101)39(21-22-48(92)93)78-61(102)40(24-36-27-73-38-19-16-15-18-37(36)38)76-45(89)20-14-12-11-13-17-31(2)3)68(109)86(8)29-47(91)75-34(6)59(100)79-42(26-50(96)97)62(103)80-43(30-87)64(105)85-55(57(113-9)69(110)111)65(106)74-28-46(90)77-41(25-44(71)88)63(104)81-51(66(107)82-52)33(5)23-49(94)95/h15-16,18-19,27,31-35,39-43,51-57,73,87,98H,10-14,17,20-26,28-30H2,1-9H3,(H2,71,88)(H2,72,99)(H,74,106)(H,75,91)(H,76,89)(H,77,90)(H,78,102)(H,79,100)(H,80,103)(H,81,104)(H,82,107)(H,83,108)(H,84,101)(H,85,105)(H,92,93)(H,94,95)(H,96,97)(H,110,111). The monoisotopic (exact) mass is 1620 g/mol. The normalized spacial score (nSPS) is 22.3. The highest BCUT2D eigenvalue weighted by Crippen LogP contribution is 2.22. The zero-order valence-electron chi connectivity index (χ0n) is 64.3. The highest BCUT2D eigenvalue weighted by molar-refractivity contribution is 6.03. The minimum Gasteiger partial charge on any atom is -0.481 e. The van der Waals surface area contributed by atoms with Crippen LogP contribution >= 0.6 is 0 Å². The number of aromatic amines is 1. The van der Waals surface area contributed by atoms with Crippen molar-refractivity contribution in [1.29, 1.82) is 0 Å². The molecule has 44 heteroatoms. The van der Waals surface area contributed by atoms with Crippen molar-refractivity contribution in [1.82, 2.24) is 73.7 Å². The largest absolute Gasteiger partial charge is 0.481 e. The Labute approximate surface area is 652 Å². The average molecular weight is 1620 g/mol. The van der Waals surface area contributed by atoms with E-state index in [4.69, 9.17) is 20.9 Å². The summed E-state index contributed by atoms with van der Waals surface area (Å²) in [5.41, 5.74) is 12.1. The van der Waals surface area contributed by atoms with Gasteiger partial charge in [-0.3, -0.25) is 86.3 Å². The van der Waals surface area contributed by atoms with Gasteiger partial charge in [-0.05, 0) is 56.1 Å². The molecule has 15 amide bonds. The summed E-state index contributed by atoms with van der Waals surface area (Å²) in [4.78, 5) is 276. The molecule has 0 bridgehead atoms. The van der Waals surface area contributed by atoms with Gasteiger partial charge in [-0.1, -0.05) is 84.9 Å². The summed E-state index contributed by atoms with van der Waals surface area (Å²) in [6.45, 7) is 6.18. The Morgan fingerprint density at radius 2 is 1.23 bits per heavy atom. The van der Waals surface area contributed by atoms with Gasteiger partial charge in [0.2, 0.25) is 88.6 Å². The van der Waals surface area contributed by atoms with Crippen molar-refractivity contribution in [3.8, 4) is 0 Å². The highest BCUT2D eigenvalue weighted by atomic mass is 16.5. The summed E-state index contributed by atoms with van der Waals surface area (Å²) in [7, 11) is 1.63. The second-order valence-electron chi connectivity index (χ2n) is 27.8. The first-order valence-electron chi connectivity index (χ1n) is 36.3. The van der Waals surface area contributed by atoms with Gasteiger partial charge in [0.25, 0.3) is 0 Å². The summed E-state index contributed by atoms with van der Waals surface area (Å²) in [6.07, 6.45) is -7.20. The van der Waals surface area contributed by atoms with Crippen LogP contribution in [-0.2, 0) is 112 Å². The van der Waals surface area contributed by atoms with E-state index in [1.807, 2.05) is 31.9 Å². The number of ether oxygens (including phenoxy) is 2. The number of amides is 15. The van der Waals surface area contributed by atoms with E-state index in [2.05, 4.69) is 50.7 Å². The molecule has 0 spiro atoms. The number of rotatable bonds is 34. The quantitative estimate of drug-likeness (QED) is 0.0229. The maximum atomic E-state index is 14.9. The number of likely N-dealkylation sites (N-methyl/N-ethyl adjacent to an activating group) is 1. The van der Waals surface area contributed by atoms with Crippen molar-refractivity contribution in [2.45, 2.75) is 217 Å². The van der Waals surface area contributed by atoms with Crippen molar-refractivity contribution in [2.75, 3.05) is 33.9 Å². The Kier molecular flexibility index (Phi) is 39.5.